The number of methoxy groups -OCH3 is 3. The van der Waals surface area contributed by atoms with Crippen molar-refractivity contribution in [1.82, 2.24) is 15.7 Å². The molecule has 1 aliphatic rings. The van der Waals surface area contributed by atoms with E-state index in [1.165, 1.54) is 38.4 Å². The minimum absolute atomic E-state index is 0.122. The summed E-state index contributed by atoms with van der Waals surface area (Å²) in [5.41, 5.74) is 1.83. The molecular formula is C21H31N3O7. The fourth-order valence-electron chi connectivity index (χ4n) is 3.69. The van der Waals surface area contributed by atoms with E-state index >= 15 is 0 Å². The molecule has 1 saturated heterocycles. The highest BCUT2D eigenvalue weighted by molar-refractivity contribution is 5.99. The van der Waals surface area contributed by atoms with Crippen LogP contribution in [0.2, 0.25) is 0 Å². The SMILES string of the molecule is CCCCCC(=O)N[C@H]1C[C@@H](C(=O)NO)N(C(=O)c2cc(OC)c(OC)c(OC)c2)C1. The molecular weight excluding hydrogens is 406 g/mol. The molecule has 1 aromatic rings. The minimum atomic E-state index is -0.933. The van der Waals surface area contributed by atoms with Gasteiger partial charge in [0.25, 0.3) is 11.8 Å². The van der Waals surface area contributed by atoms with Crippen molar-refractivity contribution in [1.29, 1.82) is 0 Å². The summed E-state index contributed by atoms with van der Waals surface area (Å²) in [6.45, 7) is 2.19. The summed E-state index contributed by atoms with van der Waals surface area (Å²) in [7, 11) is 4.33. The lowest BCUT2D eigenvalue weighted by molar-refractivity contribution is -0.133. The van der Waals surface area contributed by atoms with E-state index in [2.05, 4.69) is 12.2 Å². The first-order valence-electron chi connectivity index (χ1n) is 10.2. The molecule has 10 nitrogen and oxygen atoms in total. The summed E-state index contributed by atoms with van der Waals surface area (Å²) in [5, 5.41) is 12.0. The van der Waals surface area contributed by atoms with Gasteiger partial charge in [0.1, 0.15) is 6.04 Å². The molecule has 172 valence electrons. The van der Waals surface area contributed by atoms with E-state index in [9.17, 15) is 14.4 Å². The van der Waals surface area contributed by atoms with Crippen molar-refractivity contribution in [2.75, 3.05) is 27.9 Å². The van der Waals surface area contributed by atoms with E-state index < -0.39 is 23.9 Å². The Kier molecular flexibility index (Phi) is 8.92. The zero-order valence-corrected chi connectivity index (χ0v) is 18.4. The molecule has 0 aliphatic carbocycles. The fraction of sp³-hybridized carbons (Fsp3) is 0.571. The van der Waals surface area contributed by atoms with Crippen LogP contribution in [0.3, 0.4) is 0 Å². The standard InChI is InChI=1S/C21H31N3O7/c1-5-6-7-8-18(25)22-14-11-15(20(26)23-28)24(12-14)21(27)13-9-16(29-2)19(31-4)17(10-13)30-3/h9-10,14-15,28H,5-8,11-12H2,1-4H3,(H,22,25)(H,23,26)/t14-,15-/m0/s1. The van der Waals surface area contributed by atoms with Gasteiger partial charge in [-0.3, -0.25) is 19.6 Å². The van der Waals surface area contributed by atoms with E-state index in [1.54, 1.807) is 5.48 Å². The largest absolute Gasteiger partial charge is 0.493 e. The molecule has 0 saturated carbocycles. The maximum atomic E-state index is 13.3. The second kappa shape index (κ2) is 11.4. The molecule has 2 atom stereocenters. The highest BCUT2D eigenvalue weighted by Crippen LogP contribution is 2.39. The smallest absolute Gasteiger partial charge is 0.266 e. The van der Waals surface area contributed by atoms with Gasteiger partial charge in [-0.2, -0.15) is 0 Å². The number of unbranched alkanes of at least 4 members (excludes halogenated alkanes) is 2. The third-order valence-electron chi connectivity index (χ3n) is 5.26. The summed E-state index contributed by atoms with van der Waals surface area (Å²) in [6.07, 6.45) is 3.33. The van der Waals surface area contributed by atoms with Gasteiger partial charge in [-0.25, -0.2) is 5.48 Å². The van der Waals surface area contributed by atoms with Gasteiger partial charge in [0.15, 0.2) is 11.5 Å². The third-order valence-corrected chi connectivity index (χ3v) is 5.26. The number of benzene rings is 1. The predicted octanol–water partition coefficient (Wildman–Crippen LogP) is 1.50. The number of hydrogen-bond donors (Lipinski definition) is 3. The quantitative estimate of drug-likeness (QED) is 0.288. The summed E-state index contributed by atoms with van der Waals surface area (Å²) in [6, 6.07) is 1.66. The van der Waals surface area contributed by atoms with Crippen LogP contribution in [0.1, 0.15) is 49.4 Å². The number of carbonyl (C=O) groups excluding carboxylic acids is 3. The lowest BCUT2D eigenvalue weighted by Crippen LogP contribution is -2.45. The molecule has 1 aliphatic heterocycles. The molecule has 1 aromatic carbocycles. The number of amides is 3. The van der Waals surface area contributed by atoms with E-state index in [-0.39, 0.29) is 24.4 Å². The van der Waals surface area contributed by atoms with Crippen LogP contribution in [0.4, 0.5) is 0 Å². The first kappa shape index (κ1) is 24.3. The normalized spacial score (nSPS) is 17.8. The number of rotatable bonds is 10. The van der Waals surface area contributed by atoms with Crippen LogP contribution in [0.25, 0.3) is 0 Å². The Bertz CT molecular complexity index is 774. The molecule has 3 amide bonds. The summed E-state index contributed by atoms with van der Waals surface area (Å²) in [5.74, 6) is -0.366. The molecule has 0 radical (unpaired) electrons. The second-order valence-corrected chi connectivity index (χ2v) is 7.32. The monoisotopic (exact) mass is 437 g/mol. The van der Waals surface area contributed by atoms with E-state index in [4.69, 9.17) is 19.4 Å². The Labute approximate surface area is 181 Å². The lowest BCUT2D eigenvalue weighted by atomic mass is 10.1. The summed E-state index contributed by atoms with van der Waals surface area (Å²) in [4.78, 5) is 39.0. The number of nitrogens with zero attached hydrogens (tertiary/aromatic N) is 1. The Morgan fingerprint density at radius 3 is 2.26 bits per heavy atom. The molecule has 3 N–H and O–H groups in total. The Hall–Kier alpha value is -3.01. The topological polar surface area (TPSA) is 126 Å². The van der Waals surface area contributed by atoms with Gasteiger partial charge < -0.3 is 24.4 Å². The molecule has 0 aromatic heterocycles. The van der Waals surface area contributed by atoms with Gasteiger partial charge in [-0.15, -0.1) is 0 Å². The number of hydrogen-bond acceptors (Lipinski definition) is 7. The van der Waals surface area contributed by atoms with E-state index in [0.717, 1.165) is 19.3 Å². The first-order valence-corrected chi connectivity index (χ1v) is 10.2. The zero-order chi connectivity index (χ0) is 23.0. The van der Waals surface area contributed by atoms with Crippen molar-refractivity contribution < 1.29 is 33.8 Å². The predicted molar refractivity (Wildman–Crippen MR) is 112 cm³/mol. The summed E-state index contributed by atoms with van der Waals surface area (Å²) >= 11 is 0. The average molecular weight is 437 g/mol. The van der Waals surface area contributed by atoms with Crippen molar-refractivity contribution in [2.24, 2.45) is 0 Å². The second-order valence-electron chi connectivity index (χ2n) is 7.32. The molecule has 31 heavy (non-hydrogen) atoms. The third kappa shape index (κ3) is 5.78. The van der Waals surface area contributed by atoms with Gasteiger partial charge in [0.2, 0.25) is 11.7 Å². The Balaban J connectivity index is 2.24. The van der Waals surface area contributed by atoms with Crippen molar-refractivity contribution >= 4 is 17.7 Å². The minimum Gasteiger partial charge on any atom is -0.493 e. The highest BCUT2D eigenvalue weighted by atomic mass is 16.5. The van der Waals surface area contributed by atoms with Gasteiger partial charge in [0, 0.05) is 24.6 Å². The molecule has 2 rings (SSSR count). The Morgan fingerprint density at radius 1 is 1.10 bits per heavy atom. The van der Waals surface area contributed by atoms with Crippen molar-refractivity contribution in [3.8, 4) is 17.2 Å². The molecule has 0 bridgehead atoms. The average Bonchev–Trinajstić information content (AvgIpc) is 3.20. The lowest BCUT2D eigenvalue weighted by Gasteiger charge is -2.23. The molecule has 0 unspecified atom stereocenters. The summed E-state index contributed by atoms with van der Waals surface area (Å²) < 4.78 is 15.9. The highest BCUT2D eigenvalue weighted by Gasteiger charge is 2.40. The van der Waals surface area contributed by atoms with Gasteiger partial charge in [-0.05, 0) is 25.0 Å². The molecule has 10 heteroatoms. The maximum absolute atomic E-state index is 13.3. The van der Waals surface area contributed by atoms with Crippen LogP contribution in [-0.2, 0) is 9.59 Å². The van der Waals surface area contributed by atoms with Crippen LogP contribution < -0.4 is 25.0 Å². The Morgan fingerprint density at radius 2 is 1.74 bits per heavy atom. The van der Waals surface area contributed by atoms with Crippen LogP contribution in [0.5, 0.6) is 17.2 Å². The maximum Gasteiger partial charge on any atom is 0.266 e. The van der Waals surface area contributed by atoms with Crippen molar-refractivity contribution in [2.45, 2.75) is 51.1 Å². The van der Waals surface area contributed by atoms with E-state index in [0.29, 0.717) is 23.7 Å². The van der Waals surface area contributed by atoms with Crippen molar-refractivity contribution in [3.05, 3.63) is 17.7 Å². The fourth-order valence-corrected chi connectivity index (χ4v) is 3.69. The number of hydroxylamine groups is 1. The van der Waals surface area contributed by atoms with Crippen LogP contribution in [-0.4, -0.2) is 67.8 Å². The number of carbonyl (C=O) groups is 3. The molecule has 1 fully saturated rings. The zero-order valence-electron chi connectivity index (χ0n) is 18.4. The van der Waals surface area contributed by atoms with Gasteiger partial charge >= 0.3 is 0 Å². The van der Waals surface area contributed by atoms with Crippen LogP contribution >= 0.6 is 0 Å². The van der Waals surface area contributed by atoms with Crippen LogP contribution in [0, 0.1) is 0 Å². The van der Waals surface area contributed by atoms with E-state index in [1.807, 2.05) is 0 Å². The first-order chi connectivity index (χ1) is 14.9. The number of nitrogens with one attached hydrogen (secondary N) is 2. The molecule has 1 heterocycles. The van der Waals surface area contributed by atoms with Crippen molar-refractivity contribution in [3.63, 3.8) is 0 Å². The molecule has 0 spiro atoms. The van der Waals surface area contributed by atoms with Crippen LogP contribution in [0.15, 0.2) is 12.1 Å². The number of ether oxygens (including phenoxy) is 3. The number of likely N-dealkylation sites (tertiary alicyclic amines) is 1. The van der Waals surface area contributed by atoms with Gasteiger partial charge in [-0.1, -0.05) is 19.8 Å². The van der Waals surface area contributed by atoms with Gasteiger partial charge in [0.05, 0.1) is 21.3 Å².